The lowest BCUT2D eigenvalue weighted by Gasteiger charge is -2.25. The molecule has 27 heavy (non-hydrogen) atoms. The SMILES string of the molecule is CNC(=O)C1CCN(c2scnc2CCc2ccc(N=C(N)N)cc2)C1C. The summed E-state index contributed by atoms with van der Waals surface area (Å²) < 4.78 is 0. The summed E-state index contributed by atoms with van der Waals surface area (Å²) in [5.41, 5.74) is 15.8. The van der Waals surface area contributed by atoms with E-state index in [1.165, 1.54) is 10.6 Å². The van der Waals surface area contributed by atoms with Crippen LogP contribution < -0.4 is 21.7 Å². The number of benzene rings is 1. The van der Waals surface area contributed by atoms with Gasteiger partial charge in [0.2, 0.25) is 5.91 Å². The van der Waals surface area contributed by atoms with E-state index in [0.29, 0.717) is 0 Å². The number of carbonyl (C=O) groups excluding carboxylic acids is 1. The minimum Gasteiger partial charge on any atom is -0.370 e. The lowest BCUT2D eigenvalue weighted by Crippen LogP contribution is -2.37. The van der Waals surface area contributed by atoms with Gasteiger partial charge in [-0.2, -0.15) is 0 Å². The van der Waals surface area contributed by atoms with Crippen molar-refractivity contribution in [2.45, 2.75) is 32.2 Å². The van der Waals surface area contributed by atoms with E-state index in [0.717, 1.165) is 37.2 Å². The molecule has 2 atom stereocenters. The number of hydrogen-bond donors (Lipinski definition) is 3. The van der Waals surface area contributed by atoms with Crippen LogP contribution in [0, 0.1) is 5.92 Å². The molecule has 0 spiro atoms. The number of carbonyl (C=O) groups is 1. The minimum absolute atomic E-state index is 0.0352. The maximum absolute atomic E-state index is 12.1. The summed E-state index contributed by atoms with van der Waals surface area (Å²) in [6, 6.07) is 8.08. The molecule has 144 valence electrons. The summed E-state index contributed by atoms with van der Waals surface area (Å²) in [4.78, 5) is 23.0. The van der Waals surface area contributed by atoms with Gasteiger partial charge >= 0.3 is 0 Å². The van der Waals surface area contributed by atoms with Crippen LogP contribution in [-0.2, 0) is 17.6 Å². The highest BCUT2D eigenvalue weighted by Crippen LogP contribution is 2.35. The van der Waals surface area contributed by atoms with Gasteiger partial charge < -0.3 is 21.7 Å². The molecule has 7 nitrogen and oxygen atoms in total. The molecule has 1 fully saturated rings. The quantitative estimate of drug-likeness (QED) is 0.518. The highest BCUT2D eigenvalue weighted by atomic mass is 32.1. The van der Waals surface area contributed by atoms with E-state index >= 15 is 0 Å². The van der Waals surface area contributed by atoms with Crippen molar-refractivity contribution in [2.75, 3.05) is 18.5 Å². The fourth-order valence-corrected chi connectivity index (χ4v) is 4.54. The monoisotopic (exact) mass is 386 g/mol. The molecule has 2 heterocycles. The van der Waals surface area contributed by atoms with Crippen molar-refractivity contribution in [3.63, 3.8) is 0 Å². The normalized spacial score (nSPS) is 19.1. The number of hydrogen-bond acceptors (Lipinski definition) is 5. The molecule has 1 amide bonds. The van der Waals surface area contributed by atoms with Crippen molar-refractivity contribution in [3.05, 3.63) is 41.0 Å². The van der Waals surface area contributed by atoms with Gasteiger partial charge in [-0.15, -0.1) is 11.3 Å². The predicted octanol–water partition coefficient (Wildman–Crippen LogP) is 1.79. The zero-order valence-electron chi connectivity index (χ0n) is 15.7. The zero-order valence-corrected chi connectivity index (χ0v) is 16.5. The third-order valence-corrected chi connectivity index (χ3v) is 5.97. The fourth-order valence-electron chi connectivity index (χ4n) is 3.58. The van der Waals surface area contributed by atoms with Crippen LogP contribution in [0.2, 0.25) is 0 Å². The van der Waals surface area contributed by atoms with E-state index < -0.39 is 0 Å². The molecule has 1 aliphatic rings. The number of thiazole rings is 1. The van der Waals surface area contributed by atoms with Crippen molar-refractivity contribution in [2.24, 2.45) is 22.4 Å². The number of rotatable bonds is 6. The van der Waals surface area contributed by atoms with E-state index in [4.69, 9.17) is 11.5 Å². The first-order chi connectivity index (χ1) is 13.0. The largest absolute Gasteiger partial charge is 0.370 e. The number of nitrogens with zero attached hydrogens (tertiary/aromatic N) is 3. The Kier molecular flexibility index (Phi) is 5.95. The second kappa shape index (κ2) is 8.39. The van der Waals surface area contributed by atoms with E-state index in [-0.39, 0.29) is 23.8 Å². The topological polar surface area (TPSA) is 110 Å². The van der Waals surface area contributed by atoms with Crippen molar-refractivity contribution in [3.8, 4) is 0 Å². The first-order valence-electron chi connectivity index (χ1n) is 9.08. The Bertz CT molecular complexity index is 812. The first-order valence-corrected chi connectivity index (χ1v) is 9.96. The number of anilines is 1. The van der Waals surface area contributed by atoms with Gasteiger partial charge in [0.15, 0.2) is 5.96 Å². The van der Waals surface area contributed by atoms with E-state index in [1.807, 2.05) is 29.8 Å². The number of nitrogens with two attached hydrogens (primary N) is 2. The van der Waals surface area contributed by atoms with Crippen molar-refractivity contribution in [1.82, 2.24) is 10.3 Å². The van der Waals surface area contributed by atoms with Gasteiger partial charge in [0, 0.05) is 19.6 Å². The molecule has 1 saturated heterocycles. The number of guanidine groups is 1. The van der Waals surface area contributed by atoms with Crippen molar-refractivity contribution in [1.29, 1.82) is 0 Å². The Morgan fingerprint density at radius 3 is 2.74 bits per heavy atom. The molecule has 3 rings (SSSR count). The van der Waals surface area contributed by atoms with Crippen molar-refractivity contribution >= 4 is 33.9 Å². The standard InChI is InChI=1S/C19H26N6OS/c1-12-15(17(26)22-2)9-10-25(12)18-16(23-11-27-18)8-5-13-3-6-14(7-4-13)24-19(20)21/h3-4,6-7,11-12,15H,5,8-10H2,1-2H3,(H,22,26)(H4,20,21,24). The summed E-state index contributed by atoms with van der Waals surface area (Å²) in [7, 11) is 1.70. The Morgan fingerprint density at radius 2 is 2.07 bits per heavy atom. The van der Waals surface area contributed by atoms with Crippen LogP contribution >= 0.6 is 11.3 Å². The number of nitrogens with one attached hydrogen (secondary N) is 1. The Labute approximate surface area is 163 Å². The van der Waals surface area contributed by atoms with Gasteiger partial charge in [0.25, 0.3) is 0 Å². The number of aryl methyl sites for hydroxylation is 2. The molecule has 0 bridgehead atoms. The summed E-state index contributed by atoms with van der Waals surface area (Å²) in [5, 5.41) is 3.96. The van der Waals surface area contributed by atoms with Crippen LogP contribution in [0.5, 0.6) is 0 Å². The summed E-state index contributed by atoms with van der Waals surface area (Å²) >= 11 is 1.65. The molecule has 5 N–H and O–H groups in total. The van der Waals surface area contributed by atoms with Gasteiger partial charge in [-0.05, 0) is 43.9 Å². The second-order valence-electron chi connectivity index (χ2n) is 6.75. The molecule has 8 heteroatoms. The first kappa shape index (κ1) is 19.2. The van der Waals surface area contributed by atoms with Gasteiger partial charge in [-0.3, -0.25) is 4.79 Å². The van der Waals surface area contributed by atoms with Crippen LogP contribution in [-0.4, -0.2) is 36.5 Å². The van der Waals surface area contributed by atoms with Crippen LogP contribution in [0.15, 0.2) is 34.8 Å². The molecule has 1 aromatic carbocycles. The molecular formula is C19H26N6OS. The third kappa shape index (κ3) is 4.39. The average molecular weight is 387 g/mol. The minimum atomic E-state index is 0.0352. The highest BCUT2D eigenvalue weighted by molar-refractivity contribution is 7.14. The third-order valence-electron chi connectivity index (χ3n) is 5.06. The van der Waals surface area contributed by atoms with Gasteiger partial charge in [0.05, 0.1) is 22.8 Å². The molecule has 0 saturated carbocycles. The van der Waals surface area contributed by atoms with Crippen LogP contribution in [0.1, 0.15) is 24.6 Å². The molecular weight excluding hydrogens is 360 g/mol. The molecule has 1 aliphatic heterocycles. The number of aliphatic imine (C=N–C) groups is 1. The van der Waals surface area contributed by atoms with E-state index in [1.54, 1.807) is 18.4 Å². The Morgan fingerprint density at radius 1 is 1.33 bits per heavy atom. The Balaban J connectivity index is 1.66. The second-order valence-corrected chi connectivity index (χ2v) is 7.58. The lowest BCUT2D eigenvalue weighted by molar-refractivity contribution is -0.124. The van der Waals surface area contributed by atoms with Crippen LogP contribution in [0.3, 0.4) is 0 Å². The molecule has 2 aromatic rings. The zero-order chi connectivity index (χ0) is 19.4. The van der Waals surface area contributed by atoms with E-state index in [2.05, 4.69) is 27.1 Å². The lowest BCUT2D eigenvalue weighted by atomic mass is 10.0. The molecule has 1 aromatic heterocycles. The molecule has 2 unspecified atom stereocenters. The maximum atomic E-state index is 12.1. The summed E-state index contributed by atoms with van der Waals surface area (Å²) in [6.07, 6.45) is 2.62. The predicted molar refractivity (Wildman–Crippen MR) is 110 cm³/mol. The highest BCUT2D eigenvalue weighted by Gasteiger charge is 2.36. The smallest absolute Gasteiger partial charge is 0.224 e. The average Bonchev–Trinajstić information content (AvgIpc) is 3.26. The van der Waals surface area contributed by atoms with E-state index in [9.17, 15) is 4.79 Å². The molecule has 0 aliphatic carbocycles. The van der Waals surface area contributed by atoms with Gasteiger partial charge in [-0.25, -0.2) is 9.98 Å². The van der Waals surface area contributed by atoms with Crippen molar-refractivity contribution < 1.29 is 4.79 Å². The van der Waals surface area contributed by atoms with Crippen LogP contribution in [0.4, 0.5) is 10.7 Å². The van der Waals surface area contributed by atoms with Crippen LogP contribution in [0.25, 0.3) is 0 Å². The van der Waals surface area contributed by atoms with Gasteiger partial charge in [0.1, 0.15) is 5.00 Å². The molecule has 0 radical (unpaired) electrons. The summed E-state index contributed by atoms with van der Waals surface area (Å²) in [6.45, 7) is 3.01. The van der Waals surface area contributed by atoms with Gasteiger partial charge in [-0.1, -0.05) is 12.1 Å². The Hall–Kier alpha value is -2.61. The fraction of sp³-hybridized carbons (Fsp3) is 0.421. The maximum Gasteiger partial charge on any atom is 0.224 e. The summed E-state index contributed by atoms with van der Waals surface area (Å²) in [5.74, 6) is 0.217. The number of aromatic nitrogens is 1. The number of amides is 1.